The van der Waals surface area contributed by atoms with Crippen molar-refractivity contribution in [3.8, 4) is 5.75 Å². The molecule has 0 bridgehead atoms. The Morgan fingerprint density at radius 2 is 2.12 bits per heavy atom. The number of fused-ring (bicyclic) bond motifs is 1. The van der Waals surface area contributed by atoms with Crippen LogP contribution in [-0.4, -0.2) is 78.5 Å². The summed E-state index contributed by atoms with van der Waals surface area (Å²) in [6, 6.07) is 5.80. The maximum absolute atomic E-state index is 11.5. The summed E-state index contributed by atoms with van der Waals surface area (Å²) < 4.78 is 11.6. The molecule has 1 saturated heterocycles. The van der Waals surface area contributed by atoms with Gasteiger partial charge in [0.05, 0.1) is 22.3 Å². The van der Waals surface area contributed by atoms with Gasteiger partial charge in [-0.05, 0) is 19.1 Å². The minimum Gasteiger partial charge on any atom is -0.491 e. The zero-order chi connectivity index (χ0) is 17.8. The van der Waals surface area contributed by atoms with Gasteiger partial charge in [0.2, 0.25) is 0 Å². The predicted molar refractivity (Wildman–Crippen MR) is 96.3 cm³/mol. The first kappa shape index (κ1) is 17.9. The second-order valence-corrected chi connectivity index (χ2v) is 7.32. The second kappa shape index (κ2) is 7.99. The van der Waals surface area contributed by atoms with Crippen LogP contribution in [0.3, 0.4) is 0 Å². The maximum atomic E-state index is 11.5. The van der Waals surface area contributed by atoms with Crippen molar-refractivity contribution in [2.45, 2.75) is 13.0 Å². The minimum absolute atomic E-state index is 0.228. The molecule has 0 saturated carbocycles. The van der Waals surface area contributed by atoms with E-state index in [2.05, 4.69) is 9.88 Å². The number of benzene rings is 1. The van der Waals surface area contributed by atoms with Gasteiger partial charge in [-0.3, -0.25) is 4.90 Å². The normalized spacial score (nSPS) is 16.8. The van der Waals surface area contributed by atoms with Gasteiger partial charge in [0, 0.05) is 38.8 Å². The van der Waals surface area contributed by atoms with Crippen LogP contribution in [0.2, 0.25) is 0 Å². The number of aliphatic hydroxyl groups is 1. The first-order valence-corrected chi connectivity index (χ1v) is 9.10. The number of nitrogens with zero attached hydrogens (tertiary/aromatic N) is 3. The molecule has 25 heavy (non-hydrogen) atoms. The van der Waals surface area contributed by atoms with Gasteiger partial charge in [-0.15, -0.1) is 11.3 Å². The van der Waals surface area contributed by atoms with Crippen LogP contribution in [0.5, 0.6) is 5.75 Å². The van der Waals surface area contributed by atoms with Crippen molar-refractivity contribution in [1.82, 2.24) is 14.8 Å². The first-order chi connectivity index (χ1) is 12.0. The number of methoxy groups -OCH3 is 1. The van der Waals surface area contributed by atoms with Gasteiger partial charge in [0.1, 0.15) is 18.5 Å². The Hall–Kier alpha value is -1.90. The Morgan fingerprint density at radius 3 is 2.84 bits per heavy atom. The first-order valence-electron chi connectivity index (χ1n) is 8.28. The summed E-state index contributed by atoms with van der Waals surface area (Å²) in [6.45, 7) is 5.39. The molecule has 0 radical (unpaired) electrons. The summed E-state index contributed by atoms with van der Waals surface area (Å²) in [7, 11) is 1.39. The summed E-state index contributed by atoms with van der Waals surface area (Å²) in [5.41, 5.74) is 0.924. The van der Waals surface area contributed by atoms with Crippen LogP contribution in [0, 0.1) is 6.92 Å². The van der Waals surface area contributed by atoms with Crippen LogP contribution >= 0.6 is 11.3 Å². The van der Waals surface area contributed by atoms with Crippen molar-refractivity contribution in [1.29, 1.82) is 0 Å². The highest BCUT2D eigenvalue weighted by Crippen LogP contribution is 2.25. The molecule has 1 aliphatic rings. The molecule has 0 unspecified atom stereocenters. The fraction of sp³-hybridized carbons (Fsp3) is 0.529. The lowest BCUT2D eigenvalue weighted by Gasteiger charge is -2.34. The molecule has 0 aliphatic carbocycles. The zero-order valence-electron chi connectivity index (χ0n) is 14.5. The van der Waals surface area contributed by atoms with Gasteiger partial charge in [-0.1, -0.05) is 0 Å². The van der Waals surface area contributed by atoms with Crippen molar-refractivity contribution in [3.05, 3.63) is 23.2 Å². The Bertz CT molecular complexity index is 728. The lowest BCUT2D eigenvalue weighted by atomic mass is 10.2. The number of aliphatic hydroxyl groups excluding tert-OH is 1. The molecular formula is C17H23N3O4S. The van der Waals surface area contributed by atoms with E-state index in [9.17, 15) is 9.90 Å². The van der Waals surface area contributed by atoms with Crippen molar-refractivity contribution in [2.75, 3.05) is 46.4 Å². The standard InChI is InChI=1S/C17H23N3O4S/c1-12-18-15-9-14(3-4-16(15)25-12)24-11-13(21)10-19-5-7-20(8-6-19)17(22)23-2/h3-4,9,13,21H,5-8,10-11H2,1-2H3/t13-/m0/s1. The Balaban J connectivity index is 1.44. The molecule has 1 aromatic heterocycles. The number of carbonyl (C=O) groups excluding carboxylic acids is 1. The average Bonchev–Trinajstić information content (AvgIpc) is 2.99. The lowest BCUT2D eigenvalue weighted by molar-refractivity contribution is 0.0435. The van der Waals surface area contributed by atoms with Crippen LogP contribution in [0.15, 0.2) is 18.2 Å². The van der Waals surface area contributed by atoms with Crippen molar-refractivity contribution < 1.29 is 19.4 Å². The third-order valence-corrected chi connectivity index (χ3v) is 5.13. The predicted octanol–water partition coefficient (Wildman–Crippen LogP) is 1.73. The minimum atomic E-state index is -0.586. The molecule has 1 N–H and O–H groups in total. The molecule has 1 aliphatic heterocycles. The van der Waals surface area contributed by atoms with Gasteiger partial charge >= 0.3 is 6.09 Å². The number of β-amino-alcohol motifs (C(OH)–C–C–N with tert-alkyl or cyclic N) is 1. The number of piperazine rings is 1. The zero-order valence-corrected chi connectivity index (χ0v) is 15.3. The average molecular weight is 365 g/mol. The Labute approximate surface area is 150 Å². The van der Waals surface area contributed by atoms with Crippen LogP contribution in [0.1, 0.15) is 5.01 Å². The highest BCUT2D eigenvalue weighted by Gasteiger charge is 2.23. The summed E-state index contributed by atoms with van der Waals surface area (Å²) in [4.78, 5) is 19.7. The van der Waals surface area contributed by atoms with Crippen molar-refractivity contribution in [3.63, 3.8) is 0 Å². The fourth-order valence-electron chi connectivity index (χ4n) is 2.90. The summed E-state index contributed by atoms with van der Waals surface area (Å²) >= 11 is 1.65. The van der Waals surface area contributed by atoms with E-state index in [0.29, 0.717) is 25.4 Å². The van der Waals surface area contributed by atoms with E-state index in [1.54, 1.807) is 16.2 Å². The number of aryl methyl sites for hydroxylation is 1. The fourth-order valence-corrected chi connectivity index (χ4v) is 3.70. The molecular weight excluding hydrogens is 342 g/mol. The van der Waals surface area contributed by atoms with Crippen molar-refractivity contribution in [2.24, 2.45) is 0 Å². The number of thiazole rings is 1. The smallest absolute Gasteiger partial charge is 0.409 e. The molecule has 1 atom stereocenters. The Kier molecular flexibility index (Phi) is 5.72. The molecule has 2 aromatic rings. The highest BCUT2D eigenvalue weighted by atomic mass is 32.1. The molecule has 8 heteroatoms. The van der Waals surface area contributed by atoms with E-state index in [1.165, 1.54) is 7.11 Å². The van der Waals surface area contributed by atoms with E-state index in [4.69, 9.17) is 9.47 Å². The van der Waals surface area contributed by atoms with Crippen LogP contribution in [0.25, 0.3) is 10.2 Å². The lowest BCUT2D eigenvalue weighted by Crippen LogP contribution is -2.50. The molecule has 3 rings (SSSR count). The topological polar surface area (TPSA) is 75.1 Å². The van der Waals surface area contributed by atoms with Crippen LogP contribution < -0.4 is 4.74 Å². The largest absolute Gasteiger partial charge is 0.491 e. The van der Waals surface area contributed by atoms with Gasteiger partial charge < -0.3 is 19.5 Å². The maximum Gasteiger partial charge on any atom is 0.409 e. The number of carbonyl (C=O) groups is 1. The van der Waals surface area contributed by atoms with Gasteiger partial charge in [0.25, 0.3) is 0 Å². The Morgan fingerprint density at radius 1 is 1.36 bits per heavy atom. The van der Waals surface area contributed by atoms with E-state index >= 15 is 0 Å². The van der Waals surface area contributed by atoms with E-state index in [1.807, 2.05) is 25.1 Å². The quantitative estimate of drug-likeness (QED) is 0.870. The van der Waals surface area contributed by atoms with E-state index in [-0.39, 0.29) is 12.7 Å². The number of hydrogen-bond donors (Lipinski definition) is 1. The SMILES string of the molecule is COC(=O)N1CCN(C[C@H](O)COc2ccc3sc(C)nc3c2)CC1. The van der Waals surface area contributed by atoms with E-state index < -0.39 is 6.10 Å². The molecule has 2 heterocycles. The van der Waals surface area contributed by atoms with Gasteiger partial charge in [-0.25, -0.2) is 9.78 Å². The van der Waals surface area contributed by atoms with E-state index in [0.717, 1.165) is 28.3 Å². The third kappa shape index (κ3) is 4.59. The molecule has 0 spiro atoms. The van der Waals surface area contributed by atoms with Crippen molar-refractivity contribution >= 4 is 27.6 Å². The second-order valence-electron chi connectivity index (χ2n) is 6.08. The summed E-state index contributed by atoms with van der Waals surface area (Å²) in [5.74, 6) is 0.715. The number of aromatic nitrogens is 1. The summed E-state index contributed by atoms with van der Waals surface area (Å²) in [6.07, 6.45) is -0.881. The molecule has 7 nitrogen and oxygen atoms in total. The number of ether oxygens (including phenoxy) is 2. The van der Waals surface area contributed by atoms with Gasteiger partial charge in [0.15, 0.2) is 0 Å². The van der Waals surface area contributed by atoms with Gasteiger partial charge in [-0.2, -0.15) is 0 Å². The molecule has 1 amide bonds. The van der Waals surface area contributed by atoms with Crippen LogP contribution in [-0.2, 0) is 4.74 Å². The molecule has 1 aromatic carbocycles. The summed E-state index contributed by atoms with van der Waals surface area (Å²) in [5, 5.41) is 11.2. The third-order valence-electron chi connectivity index (χ3n) is 4.18. The number of amides is 1. The number of rotatable bonds is 5. The molecule has 1 fully saturated rings. The van der Waals surface area contributed by atoms with Crippen LogP contribution in [0.4, 0.5) is 4.79 Å². The number of hydrogen-bond acceptors (Lipinski definition) is 7. The highest BCUT2D eigenvalue weighted by molar-refractivity contribution is 7.18. The molecule has 136 valence electrons. The monoisotopic (exact) mass is 365 g/mol.